The molecule has 0 spiro atoms. The van der Waals surface area contributed by atoms with Gasteiger partial charge in [-0.15, -0.1) is 0 Å². The molecule has 9 nitrogen and oxygen atoms in total. The maximum absolute atomic E-state index is 12.1. The average molecular weight is 319 g/mol. The number of hydrogen-bond donors (Lipinski definition) is 2. The third-order valence-electron chi connectivity index (χ3n) is 3.44. The highest BCUT2D eigenvalue weighted by molar-refractivity contribution is 5.96. The molecule has 0 aliphatic rings. The van der Waals surface area contributed by atoms with Gasteiger partial charge in [-0.05, 0) is 12.5 Å². The summed E-state index contributed by atoms with van der Waals surface area (Å²) in [7, 11) is 2.86. The first kappa shape index (κ1) is 16.4. The van der Waals surface area contributed by atoms with Crippen LogP contribution in [0.15, 0.2) is 21.9 Å². The van der Waals surface area contributed by atoms with Crippen LogP contribution in [0.3, 0.4) is 0 Å². The number of pyridine rings is 1. The highest BCUT2D eigenvalue weighted by atomic mass is 16.2. The number of carbonyl (C=O) groups is 2. The van der Waals surface area contributed by atoms with Gasteiger partial charge >= 0.3 is 5.69 Å². The molecule has 2 heterocycles. The predicted molar refractivity (Wildman–Crippen MR) is 83.0 cm³/mol. The van der Waals surface area contributed by atoms with Gasteiger partial charge in [-0.25, -0.2) is 9.78 Å². The van der Waals surface area contributed by atoms with Gasteiger partial charge in [0.25, 0.3) is 11.5 Å². The standard InChI is InChI=1S/C14H17N5O4/c1-18-11-9(13(22)19(2)14(18)23)6-8(7-17-11)12(21)16-5-3-4-10(15)20/h6-7H,3-5H2,1-2H3,(H2,15,20)(H,16,21). The van der Waals surface area contributed by atoms with E-state index >= 15 is 0 Å². The number of nitrogens with one attached hydrogen (secondary N) is 1. The first-order valence-electron chi connectivity index (χ1n) is 6.95. The number of aryl methyl sites for hydroxylation is 1. The number of hydrogen-bond acceptors (Lipinski definition) is 5. The maximum atomic E-state index is 12.1. The number of nitrogens with two attached hydrogens (primary N) is 1. The van der Waals surface area contributed by atoms with Crippen LogP contribution in [-0.4, -0.2) is 32.5 Å². The van der Waals surface area contributed by atoms with Crippen molar-refractivity contribution in [3.05, 3.63) is 38.7 Å². The Morgan fingerprint density at radius 2 is 1.96 bits per heavy atom. The molecular formula is C14H17N5O4. The van der Waals surface area contributed by atoms with Gasteiger partial charge in [-0.1, -0.05) is 0 Å². The molecule has 0 radical (unpaired) electrons. The molecule has 2 aromatic rings. The minimum absolute atomic E-state index is 0.179. The Balaban J connectivity index is 2.30. The van der Waals surface area contributed by atoms with E-state index in [4.69, 9.17) is 5.73 Å². The van der Waals surface area contributed by atoms with Gasteiger partial charge < -0.3 is 11.1 Å². The van der Waals surface area contributed by atoms with E-state index in [0.717, 1.165) is 4.57 Å². The normalized spacial score (nSPS) is 10.7. The molecule has 0 bridgehead atoms. The van der Waals surface area contributed by atoms with E-state index in [1.54, 1.807) is 0 Å². The minimum atomic E-state index is -0.515. The molecule has 23 heavy (non-hydrogen) atoms. The van der Waals surface area contributed by atoms with E-state index in [2.05, 4.69) is 10.3 Å². The second-order valence-corrected chi connectivity index (χ2v) is 5.13. The average Bonchev–Trinajstić information content (AvgIpc) is 2.54. The summed E-state index contributed by atoms with van der Waals surface area (Å²) in [5, 5.41) is 2.79. The lowest BCUT2D eigenvalue weighted by atomic mass is 10.2. The third-order valence-corrected chi connectivity index (χ3v) is 3.44. The van der Waals surface area contributed by atoms with Crippen molar-refractivity contribution >= 4 is 22.8 Å². The van der Waals surface area contributed by atoms with Gasteiger partial charge in [0.2, 0.25) is 5.91 Å². The second kappa shape index (κ2) is 6.42. The van der Waals surface area contributed by atoms with Crippen LogP contribution >= 0.6 is 0 Å². The molecule has 0 aliphatic carbocycles. The van der Waals surface area contributed by atoms with Gasteiger partial charge in [-0.2, -0.15) is 0 Å². The Bertz CT molecular complexity index is 896. The summed E-state index contributed by atoms with van der Waals surface area (Å²) in [4.78, 5) is 50.7. The molecule has 0 aromatic carbocycles. The summed E-state index contributed by atoms with van der Waals surface area (Å²) in [6.45, 7) is 0.283. The molecule has 2 aromatic heterocycles. The highest BCUT2D eigenvalue weighted by Gasteiger charge is 2.13. The van der Waals surface area contributed by atoms with Crippen LogP contribution in [0.2, 0.25) is 0 Å². The number of carbonyl (C=O) groups excluding carboxylic acids is 2. The zero-order chi connectivity index (χ0) is 17.1. The van der Waals surface area contributed by atoms with Gasteiger partial charge in [0, 0.05) is 33.3 Å². The molecule has 2 amide bonds. The number of fused-ring (bicyclic) bond motifs is 1. The van der Waals surface area contributed by atoms with Crippen LogP contribution in [0.25, 0.3) is 11.0 Å². The molecule has 9 heteroatoms. The van der Waals surface area contributed by atoms with Gasteiger partial charge in [0.15, 0.2) is 0 Å². The van der Waals surface area contributed by atoms with Crippen LogP contribution in [-0.2, 0) is 18.9 Å². The minimum Gasteiger partial charge on any atom is -0.370 e. The Hall–Kier alpha value is -2.97. The zero-order valence-electron chi connectivity index (χ0n) is 12.8. The Labute approximate surface area is 130 Å². The van der Waals surface area contributed by atoms with Crippen molar-refractivity contribution in [2.75, 3.05) is 6.54 Å². The number of primary amides is 1. The molecule has 0 unspecified atom stereocenters. The van der Waals surface area contributed by atoms with Crippen LogP contribution in [0, 0.1) is 0 Å². The summed E-state index contributed by atoms with van der Waals surface area (Å²) < 4.78 is 2.20. The van der Waals surface area contributed by atoms with Crippen LogP contribution in [0.5, 0.6) is 0 Å². The lowest BCUT2D eigenvalue weighted by Crippen LogP contribution is -2.37. The molecule has 0 saturated heterocycles. The van der Waals surface area contributed by atoms with E-state index in [1.807, 2.05) is 0 Å². The number of nitrogens with zero attached hydrogens (tertiary/aromatic N) is 3. The molecule has 122 valence electrons. The van der Waals surface area contributed by atoms with Crippen molar-refractivity contribution in [3.8, 4) is 0 Å². The fraction of sp³-hybridized carbons (Fsp3) is 0.357. The summed E-state index contributed by atoms with van der Waals surface area (Å²) in [5.41, 5.74) is 4.42. The monoisotopic (exact) mass is 319 g/mol. The lowest BCUT2D eigenvalue weighted by Gasteiger charge is -2.08. The van der Waals surface area contributed by atoms with Crippen LogP contribution < -0.4 is 22.3 Å². The molecule has 0 aliphatic heterocycles. The smallest absolute Gasteiger partial charge is 0.332 e. The van der Waals surface area contributed by atoms with Crippen LogP contribution in [0.4, 0.5) is 0 Å². The number of rotatable bonds is 5. The molecule has 2 rings (SSSR count). The Kier molecular flexibility index (Phi) is 4.58. The van der Waals surface area contributed by atoms with Gasteiger partial charge in [0.05, 0.1) is 10.9 Å². The topological polar surface area (TPSA) is 129 Å². The first-order valence-corrected chi connectivity index (χ1v) is 6.95. The number of amides is 2. The molecular weight excluding hydrogens is 302 g/mol. The SMILES string of the molecule is Cn1c(=O)c2cc(C(=O)NCCCC(N)=O)cnc2n(C)c1=O. The van der Waals surface area contributed by atoms with E-state index in [-0.39, 0.29) is 29.6 Å². The van der Waals surface area contributed by atoms with Crippen molar-refractivity contribution in [2.24, 2.45) is 19.8 Å². The van der Waals surface area contributed by atoms with Crippen molar-refractivity contribution in [1.29, 1.82) is 0 Å². The van der Waals surface area contributed by atoms with Crippen molar-refractivity contribution < 1.29 is 9.59 Å². The summed E-state index contributed by atoms with van der Waals surface area (Å²) in [6.07, 6.45) is 1.90. The number of aromatic nitrogens is 3. The van der Waals surface area contributed by atoms with Gasteiger partial charge in [-0.3, -0.25) is 23.5 Å². The maximum Gasteiger partial charge on any atom is 0.332 e. The zero-order valence-corrected chi connectivity index (χ0v) is 12.8. The molecule has 3 N–H and O–H groups in total. The predicted octanol–water partition coefficient (Wildman–Crippen LogP) is -1.37. The third kappa shape index (κ3) is 3.28. The molecule has 0 fully saturated rings. The quantitative estimate of drug-likeness (QED) is 0.657. The van der Waals surface area contributed by atoms with Crippen molar-refractivity contribution in [2.45, 2.75) is 12.8 Å². The fourth-order valence-electron chi connectivity index (χ4n) is 2.16. The summed E-state index contributed by atoms with van der Waals surface area (Å²) in [6, 6.07) is 1.40. The summed E-state index contributed by atoms with van der Waals surface area (Å²) >= 11 is 0. The van der Waals surface area contributed by atoms with Crippen LogP contribution in [0.1, 0.15) is 23.2 Å². The van der Waals surface area contributed by atoms with E-state index in [9.17, 15) is 19.2 Å². The van der Waals surface area contributed by atoms with E-state index < -0.39 is 23.1 Å². The van der Waals surface area contributed by atoms with Crippen molar-refractivity contribution in [1.82, 2.24) is 19.4 Å². The first-order chi connectivity index (χ1) is 10.8. The Morgan fingerprint density at radius 1 is 1.26 bits per heavy atom. The van der Waals surface area contributed by atoms with Gasteiger partial charge in [0.1, 0.15) is 5.65 Å². The highest BCUT2D eigenvalue weighted by Crippen LogP contribution is 2.07. The molecule has 0 atom stereocenters. The summed E-state index contributed by atoms with van der Waals surface area (Å²) in [5.74, 6) is -0.851. The van der Waals surface area contributed by atoms with E-state index in [1.165, 1.54) is 30.9 Å². The largest absolute Gasteiger partial charge is 0.370 e. The molecule has 0 saturated carbocycles. The fourth-order valence-corrected chi connectivity index (χ4v) is 2.16. The van der Waals surface area contributed by atoms with Crippen molar-refractivity contribution in [3.63, 3.8) is 0 Å². The second-order valence-electron chi connectivity index (χ2n) is 5.13. The Morgan fingerprint density at radius 3 is 2.61 bits per heavy atom. The lowest BCUT2D eigenvalue weighted by molar-refractivity contribution is -0.118. The van der Waals surface area contributed by atoms with E-state index in [0.29, 0.717) is 6.42 Å².